The van der Waals surface area contributed by atoms with Gasteiger partial charge in [0.1, 0.15) is 5.60 Å². The maximum atomic E-state index is 6.06. The van der Waals surface area contributed by atoms with E-state index in [1.54, 1.807) is 0 Å². The zero-order valence-corrected chi connectivity index (χ0v) is 13.8. The van der Waals surface area contributed by atoms with Crippen LogP contribution in [0.4, 0.5) is 0 Å². The second-order valence-corrected chi connectivity index (χ2v) is 6.48. The van der Waals surface area contributed by atoms with Crippen LogP contribution in [0.15, 0.2) is 4.52 Å². The Balaban J connectivity index is 2.02. The van der Waals surface area contributed by atoms with Crippen LogP contribution in [0.25, 0.3) is 0 Å². The SMILES string of the molecule is CCOC1(c2noc(CCNC(C)C)n2)CCC(C)CC1. The van der Waals surface area contributed by atoms with E-state index < -0.39 is 0 Å². The monoisotopic (exact) mass is 295 g/mol. The first-order valence-electron chi connectivity index (χ1n) is 8.26. The highest BCUT2D eigenvalue weighted by Crippen LogP contribution is 2.41. The molecule has 0 atom stereocenters. The average molecular weight is 295 g/mol. The molecule has 5 nitrogen and oxygen atoms in total. The highest BCUT2D eigenvalue weighted by atomic mass is 16.5. The summed E-state index contributed by atoms with van der Waals surface area (Å²) in [6.07, 6.45) is 5.08. The Labute approximate surface area is 127 Å². The smallest absolute Gasteiger partial charge is 0.228 e. The molecule has 1 fully saturated rings. The van der Waals surface area contributed by atoms with Gasteiger partial charge in [-0.05, 0) is 38.5 Å². The van der Waals surface area contributed by atoms with Gasteiger partial charge in [-0.1, -0.05) is 25.9 Å². The van der Waals surface area contributed by atoms with E-state index in [1.807, 2.05) is 6.92 Å². The second-order valence-electron chi connectivity index (χ2n) is 6.48. The Morgan fingerprint density at radius 3 is 2.71 bits per heavy atom. The number of nitrogens with one attached hydrogen (secondary N) is 1. The van der Waals surface area contributed by atoms with Crippen molar-refractivity contribution in [3.05, 3.63) is 11.7 Å². The van der Waals surface area contributed by atoms with Crippen LogP contribution in [-0.2, 0) is 16.8 Å². The molecule has 0 aromatic carbocycles. The molecular formula is C16H29N3O2. The standard InChI is InChI=1S/C16H29N3O2/c1-5-20-16(9-6-13(4)7-10-16)15-18-14(21-19-15)8-11-17-12(2)3/h12-13,17H,5-11H2,1-4H3. The summed E-state index contributed by atoms with van der Waals surface area (Å²) in [5.74, 6) is 2.21. The third-order valence-electron chi connectivity index (χ3n) is 4.27. The summed E-state index contributed by atoms with van der Waals surface area (Å²) >= 11 is 0. The fraction of sp³-hybridized carbons (Fsp3) is 0.875. The number of rotatable bonds is 7. The van der Waals surface area contributed by atoms with E-state index in [-0.39, 0.29) is 5.60 Å². The van der Waals surface area contributed by atoms with Gasteiger partial charge in [-0.3, -0.25) is 0 Å². The van der Waals surface area contributed by atoms with Gasteiger partial charge in [-0.25, -0.2) is 0 Å². The first-order chi connectivity index (χ1) is 10.1. The molecule has 1 N–H and O–H groups in total. The average Bonchev–Trinajstić information content (AvgIpc) is 2.91. The molecule has 1 aliphatic rings. The molecule has 1 saturated carbocycles. The van der Waals surface area contributed by atoms with Crippen LogP contribution >= 0.6 is 0 Å². The Kier molecular flexibility index (Phi) is 5.76. The maximum absolute atomic E-state index is 6.06. The number of hydrogen-bond donors (Lipinski definition) is 1. The van der Waals surface area contributed by atoms with Gasteiger partial charge in [0.15, 0.2) is 0 Å². The van der Waals surface area contributed by atoms with Crippen LogP contribution in [0, 0.1) is 5.92 Å². The highest BCUT2D eigenvalue weighted by Gasteiger charge is 2.40. The third kappa shape index (κ3) is 4.27. The minimum Gasteiger partial charge on any atom is -0.367 e. The number of hydrogen-bond acceptors (Lipinski definition) is 5. The van der Waals surface area contributed by atoms with E-state index in [4.69, 9.17) is 9.26 Å². The summed E-state index contributed by atoms with van der Waals surface area (Å²) in [4.78, 5) is 4.60. The lowest BCUT2D eigenvalue weighted by atomic mass is 9.79. The summed E-state index contributed by atoms with van der Waals surface area (Å²) in [6, 6.07) is 0.474. The lowest BCUT2D eigenvalue weighted by molar-refractivity contribution is -0.0847. The van der Waals surface area contributed by atoms with E-state index in [0.29, 0.717) is 18.5 Å². The molecule has 21 heavy (non-hydrogen) atoms. The molecule has 1 aromatic heterocycles. The molecule has 0 saturated heterocycles. The Morgan fingerprint density at radius 1 is 1.38 bits per heavy atom. The van der Waals surface area contributed by atoms with Crippen LogP contribution < -0.4 is 5.32 Å². The van der Waals surface area contributed by atoms with Gasteiger partial charge in [0.2, 0.25) is 11.7 Å². The fourth-order valence-electron chi connectivity index (χ4n) is 2.95. The Hall–Kier alpha value is -0.940. The van der Waals surface area contributed by atoms with Gasteiger partial charge in [0, 0.05) is 25.6 Å². The first-order valence-corrected chi connectivity index (χ1v) is 8.26. The molecule has 1 aromatic rings. The lowest BCUT2D eigenvalue weighted by Gasteiger charge is -2.36. The predicted molar refractivity (Wildman–Crippen MR) is 82.1 cm³/mol. The van der Waals surface area contributed by atoms with Gasteiger partial charge >= 0.3 is 0 Å². The fourth-order valence-corrected chi connectivity index (χ4v) is 2.95. The Bertz CT molecular complexity index is 423. The summed E-state index contributed by atoms with van der Waals surface area (Å²) in [5.41, 5.74) is -0.325. The third-order valence-corrected chi connectivity index (χ3v) is 4.27. The van der Waals surface area contributed by atoms with Crippen molar-refractivity contribution in [2.24, 2.45) is 5.92 Å². The summed E-state index contributed by atoms with van der Waals surface area (Å²) in [7, 11) is 0. The van der Waals surface area contributed by atoms with Gasteiger partial charge < -0.3 is 14.6 Å². The van der Waals surface area contributed by atoms with Crippen LogP contribution in [-0.4, -0.2) is 29.3 Å². The van der Waals surface area contributed by atoms with Crippen LogP contribution in [0.2, 0.25) is 0 Å². The normalized spacial score (nSPS) is 26.4. The minimum atomic E-state index is -0.325. The zero-order valence-electron chi connectivity index (χ0n) is 13.8. The van der Waals surface area contributed by atoms with Gasteiger partial charge in [0.05, 0.1) is 0 Å². The van der Waals surface area contributed by atoms with Gasteiger partial charge in [-0.2, -0.15) is 4.98 Å². The second kappa shape index (κ2) is 7.36. The van der Waals surface area contributed by atoms with Crippen molar-refractivity contribution in [3.8, 4) is 0 Å². The molecule has 120 valence electrons. The number of nitrogens with zero attached hydrogens (tertiary/aromatic N) is 2. The van der Waals surface area contributed by atoms with Crippen LogP contribution in [0.5, 0.6) is 0 Å². The zero-order chi connectivity index (χ0) is 15.3. The van der Waals surface area contributed by atoms with Crippen molar-refractivity contribution in [1.29, 1.82) is 0 Å². The quantitative estimate of drug-likeness (QED) is 0.837. The van der Waals surface area contributed by atoms with E-state index in [0.717, 1.165) is 37.5 Å². The topological polar surface area (TPSA) is 60.2 Å². The highest BCUT2D eigenvalue weighted by molar-refractivity contribution is 5.04. The molecule has 1 heterocycles. The Morgan fingerprint density at radius 2 is 2.10 bits per heavy atom. The van der Waals surface area contributed by atoms with Crippen molar-refractivity contribution in [3.63, 3.8) is 0 Å². The van der Waals surface area contributed by atoms with Crippen molar-refractivity contribution < 1.29 is 9.26 Å². The van der Waals surface area contributed by atoms with E-state index in [1.165, 1.54) is 12.8 Å². The van der Waals surface area contributed by atoms with Crippen molar-refractivity contribution in [2.75, 3.05) is 13.2 Å². The summed E-state index contributed by atoms with van der Waals surface area (Å²) in [6.45, 7) is 10.1. The number of aromatic nitrogens is 2. The molecule has 2 rings (SSSR count). The summed E-state index contributed by atoms with van der Waals surface area (Å²) in [5, 5.41) is 7.58. The lowest BCUT2D eigenvalue weighted by Crippen LogP contribution is -2.35. The van der Waals surface area contributed by atoms with Crippen molar-refractivity contribution in [1.82, 2.24) is 15.5 Å². The molecular weight excluding hydrogens is 266 g/mol. The van der Waals surface area contributed by atoms with E-state index in [2.05, 4.69) is 36.2 Å². The number of ether oxygens (including phenoxy) is 1. The van der Waals surface area contributed by atoms with Crippen molar-refractivity contribution >= 4 is 0 Å². The first kappa shape index (κ1) is 16.4. The minimum absolute atomic E-state index is 0.325. The van der Waals surface area contributed by atoms with Gasteiger partial charge in [0.25, 0.3) is 0 Å². The maximum Gasteiger partial charge on any atom is 0.228 e. The predicted octanol–water partition coefficient (Wildman–Crippen LogP) is 3.05. The largest absolute Gasteiger partial charge is 0.367 e. The molecule has 0 spiro atoms. The van der Waals surface area contributed by atoms with E-state index in [9.17, 15) is 0 Å². The molecule has 1 aliphatic carbocycles. The molecule has 0 aliphatic heterocycles. The van der Waals surface area contributed by atoms with Crippen molar-refractivity contribution in [2.45, 2.75) is 71.4 Å². The van der Waals surface area contributed by atoms with Crippen LogP contribution in [0.1, 0.15) is 65.1 Å². The molecule has 0 unspecified atom stereocenters. The van der Waals surface area contributed by atoms with Crippen LogP contribution in [0.3, 0.4) is 0 Å². The summed E-state index contributed by atoms with van der Waals surface area (Å²) < 4.78 is 11.5. The molecule has 0 radical (unpaired) electrons. The molecule has 5 heteroatoms. The molecule has 0 amide bonds. The van der Waals surface area contributed by atoms with Gasteiger partial charge in [-0.15, -0.1) is 0 Å². The van der Waals surface area contributed by atoms with E-state index >= 15 is 0 Å². The molecule has 0 bridgehead atoms.